The molecule has 2 fully saturated rings. The van der Waals surface area contributed by atoms with Crippen molar-refractivity contribution >= 4 is 30.0 Å². The van der Waals surface area contributed by atoms with Crippen LogP contribution in [0.3, 0.4) is 0 Å². The van der Waals surface area contributed by atoms with Gasteiger partial charge < -0.3 is 20.9 Å². The van der Waals surface area contributed by atoms with Crippen molar-refractivity contribution in [3.8, 4) is 0 Å². The van der Waals surface area contributed by atoms with Gasteiger partial charge in [0.2, 0.25) is 0 Å². The van der Waals surface area contributed by atoms with Crippen LogP contribution in [0, 0.1) is 0 Å². The maximum Gasteiger partial charge on any atom is 0.319 e. The van der Waals surface area contributed by atoms with Crippen molar-refractivity contribution in [1.82, 2.24) is 15.5 Å². The predicted octanol–water partition coefficient (Wildman–Crippen LogP) is 2.22. The maximum absolute atomic E-state index is 12.6. The molecule has 0 aromatic heterocycles. The number of anilines is 1. The number of hydrogen-bond acceptors (Lipinski definition) is 3. The first-order valence-corrected chi connectivity index (χ1v) is 8.30. The summed E-state index contributed by atoms with van der Waals surface area (Å²) in [6.07, 6.45) is 4.05. The number of piperidine rings is 1. The molecule has 1 aromatic carbocycles. The molecule has 24 heavy (non-hydrogen) atoms. The highest BCUT2D eigenvalue weighted by atomic mass is 35.5. The van der Waals surface area contributed by atoms with Crippen molar-refractivity contribution in [3.63, 3.8) is 0 Å². The van der Waals surface area contributed by atoms with E-state index in [1.54, 1.807) is 24.3 Å². The monoisotopic (exact) mass is 352 g/mol. The Hall–Kier alpha value is -1.79. The Morgan fingerprint density at radius 1 is 1.08 bits per heavy atom. The van der Waals surface area contributed by atoms with Crippen molar-refractivity contribution < 1.29 is 9.59 Å². The highest BCUT2D eigenvalue weighted by Crippen LogP contribution is 2.20. The number of carbonyl (C=O) groups excluding carboxylic acids is 2. The average Bonchev–Trinajstić information content (AvgIpc) is 3.38. The topological polar surface area (TPSA) is 73.5 Å². The number of likely N-dealkylation sites (tertiary alicyclic amines) is 1. The van der Waals surface area contributed by atoms with Crippen molar-refractivity contribution in [2.75, 3.05) is 25.5 Å². The second-order valence-corrected chi connectivity index (χ2v) is 6.31. The lowest BCUT2D eigenvalue weighted by Crippen LogP contribution is -2.43. The highest BCUT2D eigenvalue weighted by molar-refractivity contribution is 5.97. The summed E-state index contributed by atoms with van der Waals surface area (Å²) in [6.45, 7) is 1.54. The zero-order valence-corrected chi connectivity index (χ0v) is 14.7. The number of halogens is 1. The fraction of sp³-hybridized carbons (Fsp3) is 0.529. The molecule has 132 valence electrons. The summed E-state index contributed by atoms with van der Waals surface area (Å²) in [6, 6.07) is 7.77. The lowest BCUT2D eigenvalue weighted by molar-refractivity contribution is 0.0707. The third kappa shape index (κ3) is 4.85. The van der Waals surface area contributed by atoms with Crippen LogP contribution in [0.25, 0.3) is 0 Å². The number of benzene rings is 1. The molecule has 1 heterocycles. The predicted molar refractivity (Wildman–Crippen MR) is 96.9 cm³/mol. The van der Waals surface area contributed by atoms with Crippen molar-refractivity contribution in [2.24, 2.45) is 0 Å². The van der Waals surface area contributed by atoms with Crippen LogP contribution in [0.1, 0.15) is 36.0 Å². The van der Waals surface area contributed by atoms with Crippen LogP contribution < -0.4 is 16.0 Å². The van der Waals surface area contributed by atoms with E-state index in [0.717, 1.165) is 38.8 Å². The van der Waals surface area contributed by atoms with Crippen molar-refractivity contribution in [1.29, 1.82) is 0 Å². The van der Waals surface area contributed by atoms with Gasteiger partial charge in [0.05, 0.1) is 0 Å². The molecule has 1 aliphatic heterocycles. The normalized spacial score (nSPS) is 17.8. The summed E-state index contributed by atoms with van der Waals surface area (Å²) in [5, 5.41) is 8.93. The van der Waals surface area contributed by atoms with E-state index in [2.05, 4.69) is 16.0 Å². The van der Waals surface area contributed by atoms with Crippen LogP contribution in [0.15, 0.2) is 24.3 Å². The molecular weight excluding hydrogens is 328 g/mol. The molecule has 0 unspecified atom stereocenters. The van der Waals surface area contributed by atoms with E-state index < -0.39 is 0 Å². The Bertz CT molecular complexity index is 584. The second kappa shape index (κ2) is 8.35. The fourth-order valence-electron chi connectivity index (χ4n) is 2.86. The first-order chi connectivity index (χ1) is 11.2. The van der Waals surface area contributed by atoms with Crippen LogP contribution in [0.5, 0.6) is 0 Å². The molecule has 7 heteroatoms. The first-order valence-electron chi connectivity index (χ1n) is 8.30. The van der Waals surface area contributed by atoms with Gasteiger partial charge in [-0.2, -0.15) is 0 Å². The SMILES string of the molecule is CNC1CCN(C(=O)c2cccc(NC(=O)NC3CC3)c2)CC1.Cl. The van der Waals surface area contributed by atoms with Gasteiger partial charge in [-0.05, 0) is 50.9 Å². The van der Waals surface area contributed by atoms with Gasteiger partial charge in [-0.1, -0.05) is 6.07 Å². The van der Waals surface area contributed by atoms with E-state index in [9.17, 15) is 9.59 Å². The smallest absolute Gasteiger partial charge is 0.319 e. The lowest BCUT2D eigenvalue weighted by atomic mass is 10.0. The summed E-state index contributed by atoms with van der Waals surface area (Å²) in [4.78, 5) is 26.3. The molecule has 1 saturated carbocycles. The lowest BCUT2D eigenvalue weighted by Gasteiger charge is -2.32. The van der Waals surface area contributed by atoms with Crippen molar-refractivity contribution in [2.45, 2.75) is 37.8 Å². The molecular formula is C17H25ClN4O2. The maximum atomic E-state index is 12.6. The Balaban J connectivity index is 0.00000208. The molecule has 1 aromatic rings. The number of urea groups is 1. The van der Waals surface area contributed by atoms with Gasteiger partial charge in [-0.15, -0.1) is 12.4 Å². The number of amides is 3. The quantitative estimate of drug-likeness (QED) is 0.778. The van der Waals surface area contributed by atoms with E-state index in [4.69, 9.17) is 0 Å². The number of nitrogens with zero attached hydrogens (tertiary/aromatic N) is 1. The highest BCUT2D eigenvalue weighted by Gasteiger charge is 2.24. The van der Waals surface area contributed by atoms with Crippen LogP contribution in [-0.2, 0) is 0 Å². The number of rotatable bonds is 4. The molecule has 3 N–H and O–H groups in total. The molecule has 1 aliphatic carbocycles. The standard InChI is InChI=1S/C17H24N4O2.ClH/c1-18-13-7-9-21(10-8-13)16(22)12-3-2-4-15(11-12)20-17(23)19-14-5-6-14;/h2-4,11,13-14,18H,5-10H2,1H3,(H2,19,20,23);1H. The Labute approximate surface area is 148 Å². The van der Waals surface area contributed by atoms with E-state index in [-0.39, 0.29) is 24.3 Å². The molecule has 0 atom stereocenters. The molecule has 0 bridgehead atoms. The zero-order chi connectivity index (χ0) is 16.2. The second-order valence-electron chi connectivity index (χ2n) is 6.31. The number of carbonyl (C=O) groups is 2. The van der Waals surface area contributed by atoms with E-state index in [1.165, 1.54) is 0 Å². The zero-order valence-electron chi connectivity index (χ0n) is 13.9. The summed E-state index contributed by atoms with van der Waals surface area (Å²) in [7, 11) is 1.96. The minimum Gasteiger partial charge on any atom is -0.339 e. The molecule has 0 spiro atoms. The minimum absolute atomic E-state index is 0. The molecule has 3 rings (SSSR count). The van der Waals surface area contributed by atoms with E-state index in [0.29, 0.717) is 23.3 Å². The Morgan fingerprint density at radius 2 is 1.79 bits per heavy atom. The van der Waals surface area contributed by atoms with Gasteiger partial charge in [0.1, 0.15) is 0 Å². The largest absolute Gasteiger partial charge is 0.339 e. The van der Waals surface area contributed by atoms with Gasteiger partial charge in [-0.25, -0.2) is 4.79 Å². The molecule has 6 nitrogen and oxygen atoms in total. The Morgan fingerprint density at radius 3 is 2.42 bits per heavy atom. The summed E-state index contributed by atoms with van der Waals surface area (Å²) in [5.41, 5.74) is 1.27. The molecule has 0 radical (unpaired) electrons. The third-order valence-electron chi connectivity index (χ3n) is 4.47. The van der Waals surface area contributed by atoms with Gasteiger partial charge in [0, 0.05) is 36.4 Å². The van der Waals surface area contributed by atoms with E-state index in [1.807, 2.05) is 11.9 Å². The van der Waals surface area contributed by atoms with Gasteiger partial charge in [0.25, 0.3) is 5.91 Å². The first kappa shape index (κ1) is 18.5. The summed E-state index contributed by atoms with van der Waals surface area (Å²) in [5.74, 6) is 0.0332. The third-order valence-corrected chi connectivity index (χ3v) is 4.47. The van der Waals surface area contributed by atoms with Crippen molar-refractivity contribution in [3.05, 3.63) is 29.8 Å². The minimum atomic E-state index is -0.202. The fourth-order valence-corrected chi connectivity index (χ4v) is 2.86. The molecule has 3 amide bonds. The summed E-state index contributed by atoms with van der Waals surface area (Å²) >= 11 is 0. The van der Waals surface area contributed by atoms with Crippen LogP contribution >= 0.6 is 12.4 Å². The van der Waals surface area contributed by atoms with E-state index >= 15 is 0 Å². The van der Waals surface area contributed by atoms with Crippen LogP contribution in [0.4, 0.5) is 10.5 Å². The van der Waals surface area contributed by atoms with Gasteiger partial charge in [-0.3, -0.25) is 4.79 Å². The number of hydrogen-bond donors (Lipinski definition) is 3. The number of nitrogens with one attached hydrogen (secondary N) is 3. The average molecular weight is 353 g/mol. The molecule has 1 saturated heterocycles. The van der Waals surface area contributed by atoms with Gasteiger partial charge >= 0.3 is 6.03 Å². The van der Waals surface area contributed by atoms with Crippen LogP contribution in [-0.4, -0.2) is 49.1 Å². The summed E-state index contributed by atoms with van der Waals surface area (Å²) < 4.78 is 0. The molecule has 2 aliphatic rings. The Kier molecular flexibility index (Phi) is 6.45. The van der Waals surface area contributed by atoms with Gasteiger partial charge in [0.15, 0.2) is 0 Å². The van der Waals surface area contributed by atoms with Crippen LogP contribution in [0.2, 0.25) is 0 Å².